The lowest BCUT2D eigenvalue weighted by molar-refractivity contribution is -0.120. The van der Waals surface area contributed by atoms with Gasteiger partial charge in [-0.2, -0.15) is 0 Å². The molecule has 0 saturated carbocycles. The van der Waals surface area contributed by atoms with Crippen LogP contribution < -0.4 is 4.90 Å². The van der Waals surface area contributed by atoms with Crippen LogP contribution in [0, 0.1) is 0 Å². The number of methoxy groups -OCH3 is 1. The van der Waals surface area contributed by atoms with Crippen LogP contribution in [0.1, 0.15) is 17.3 Å². The van der Waals surface area contributed by atoms with Crippen LogP contribution >= 0.6 is 0 Å². The molecule has 1 aromatic carbocycles. The molecule has 0 bridgehead atoms. The van der Waals surface area contributed by atoms with Crippen LogP contribution in [0.15, 0.2) is 48.7 Å². The Morgan fingerprint density at radius 1 is 1.29 bits per heavy atom. The number of likely N-dealkylation sites (N-methyl/N-ethyl adjacent to an activating group) is 1. The Morgan fingerprint density at radius 3 is 2.83 bits per heavy atom. The van der Waals surface area contributed by atoms with Crippen LogP contribution in [0.25, 0.3) is 0 Å². The van der Waals surface area contributed by atoms with E-state index in [0.717, 1.165) is 24.3 Å². The van der Waals surface area contributed by atoms with E-state index in [9.17, 15) is 4.79 Å². The maximum absolute atomic E-state index is 12.8. The monoisotopic (exact) mass is 325 g/mol. The minimum absolute atomic E-state index is 0.0435. The Labute approximate surface area is 142 Å². The second kappa shape index (κ2) is 7.55. The van der Waals surface area contributed by atoms with Gasteiger partial charge in [-0.3, -0.25) is 14.7 Å². The first-order valence-corrected chi connectivity index (χ1v) is 8.19. The van der Waals surface area contributed by atoms with Crippen molar-refractivity contribution >= 4 is 11.6 Å². The number of para-hydroxylation sites is 1. The van der Waals surface area contributed by atoms with Crippen molar-refractivity contribution < 1.29 is 9.53 Å². The van der Waals surface area contributed by atoms with Crippen molar-refractivity contribution in [3.63, 3.8) is 0 Å². The maximum atomic E-state index is 12.8. The summed E-state index contributed by atoms with van der Waals surface area (Å²) in [6.07, 6.45) is 2.69. The largest absolute Gasteiger partial charge is 0.383 e. The van der Waals surface area contributed by atoms with Crippen molar-refractivity contribution in [2.75, 3.05) is 38.8 Å². The lowest BCUT2D eigenvalue weighted by Gasteiger charge is -2.28. The van der Waals surface area contributed by atoms with Crippen molar-refractivity contribution in [3.05, 3.63) is 59.9 Å². The summed E-state index contributed by atoms with van der Waals surface area (Å²) in [7, 11) is 3.61. The second-order valence-corrected chi connectivity index (χ2v) is 6.06. The Balaban J connectivity index is 1.71. The molecule has 0 unspecified atom stereocenters. The van der Waals surface area contributed by atoms with E-state index < -0.39 is 0 Å². The Hall–Kier alpha value is -2.24. The van der Waals surface area contributed by atoms with Gasteiger partial charge in [-0.05, 0) is 37.2 Å². The predicted molar refractivity (Wildman–Crippen MR) is 94.0 cm³/mol. The fourth-order valence-electron chi connectivity index (χ4n) is 3.18. The molecule has 0 aliphatic carbocycles. The third-order valence-corrected chi connectivity index (χ3v) is 4.46. The highest BCUT2D eigenvalue weighted by Crippen LogP contribution is 2.28. The van der Waals surface area contributed by atoms with Gasteiger partial charge in [0.25, 0.3) is 0 Å². The van der Waals surface area contributed by atoms with Gasteiger partial charge in [0, 0.05) is 25.5 Å². The number of nitrogens with zero attached hydrogens (tertiary/aromatic N) is 3. The third kappa shape index (κ3) is 3.47. The number of carbonyl (C=O) groups is 1. The van der Waals surface area contributed by atoms with E-state index in [4.69, 9.17) is 4.74 Å². The van der Waals surface area contributed by atoms with Crippen LogP contribution in [0.3, 0.4) is 0 Å². The summed E-state index contributed by atoms with van der Waals surface area (Å²) in [5.41, 5.74) is 3.19. The normalized spacial score (nSPS) is 14.7. The van der Waals surface area contributed by atoms with Crippen molar-refractivity contribution in [1.29, 1.82) is 0 Å². The number of amides is 1. The van der Waals surface area contributed by atoms with E-state index in [-0.39, 0.29) is 11.9 Å². The lowest BCUT2D eigenvalue weighted by atomic mass is 10.1. The SMILES string of the molecule is COC[C@@H](c1ccccn1)N(C)CC(=O)N1CCc2ccccc21. The highest BCUT2D eigenvalue weighted by molar-refractivity contribution is 5.96. The molecule has 0 saturated heterocycles. The summed E-state index contributed by atoms with van der Waals surface area (Å²) < 4.78 is 5.34. The van der Waals surface area contributed by atoms with Gasteiger partial charge in [0.2, 0.25) is 5.91 Å². The summed E-state index contributed by atoms with van der Waals surface area (Å²) in [5, 5.41) is 0. The zero-order chi connectivity index (χ0) is 16.9. The zero-order valence-corrected chi connectivity index (χ0v) is 14.2. The molecule has 2 aromatic rings. The standard InChI is InChI=1S/C19H23N3O2/c1-21(18(14-24-2)16-8-5-6-11-20-16)13-19(23)22-12-10-15-7-3-4-9-17(15)22/h3-9,11,18H,10,12-14H2,1-2H3/t18-/m0/s1. The molecule has 5 heteroatoms. The Kier molecular flexibility index (Phi) is 5.23. The van der Waals surface area contributed by atoms with Gasteiger partial charge in [-0.15, -0.1) is 0 Å². The fourth-order valence-corrected chi connectivity index (χ4v) is 3.18. The average molecular weight is 325 g/mol. The van der Waals surface area contributed by atoms with E-state index in [2.05, 4.69) is 11.1 Å². The summed E-state index contributed by atoms with van der Waals surface area (Å²) >= 11 is 0. The van der Waals surface area contributed by atoms with Gasteiger partial charge in [-0.25, -0.2) is 0 Å². The molecule has 24 heavy (non-hydrogen) atoms. The molecular formula is C19H23N3O2. The number of rotatable bonds is 6. The average Bonchev–Trinajstić information content (AvgIpc) is 3.04. The first-order valence-electron chi connectivity index (χ1n) is 8.19. The quantitative estimate of drug-likeness (QED) is 0.817. The first kappa shape index (κ1) is 16.6. The molecule has 0 N–H and O–H groups in total. The summed E-state index contributed by atoms with van der Waals surface area (Å²) in [6, 6.07) is 13.9. The molecule has 0 fully saturated rings. The summed E-state index contributed by atoms with van der Waals surface area (Å²) in [4.78, 5) is 21.1. The summed E-state index contributed by atoms with van der Waals surface area (Å²) in [5.74, 6) is 0.111. The summed E-state index contributed by atoms with van der Waals surface area (Å²) in [6.45, 7) is 1.58. The maximum Gasteiger partial charge on any atom is 0.241 e. The van der Waals surface area contributed by atoms with Crippen molar-refractivity contribution in [2.45, 2.75) is 12.5 Å². The molecule has 2 heterocycles. The molecule has 1 aliphatic rings. The molecule has 0 spiro atoms. The molecule has 1 aliphatic heterocycles. The van der Waals surface area contributed by atoms with Gasteiger partial charge in [0.05, 0.1) is 24.9 Å². The van der Waals surface area contributed by atoms with Crippen LogP contribution in [-0.4, -0.2) is 49.6 Å². The zero-order valence-electron chi connectivity index (χ0n) is 14.2. The van der Waals surface area contributed by atoms with E-state index in [0.29, 0.717) is 13.2 Å². The number of hydrogen-bond donors (Lipinski definition) is 0. The molecule has 5 nitrogen and oxygen atoms in total. The molecule has 3 rings (SSSR count). The molecular weight excluding hydrogens is 302 g/mol. The van der Waals surface area contributed by atoms with Gasteiger partial charge in [-0.1, -0.05) is 24.3 Å². The van der Waals surface area contributed by atoms with Crippen LogP contribution in [-0.2, 0) is 16.0 Å². The molecule has 1 aromatic heterocycles. The van der Waals surface area contributed by atoms with E-state index >= 15 is 0 Å². The van der Waals surface area contributed by atoms with E-state index in [1.165, 1.54) is 5.56 Å². The minimum Gasteiger partial charge on any atom is -0.383 e. The number of ether oxygens (including phenoxy) is 1. The lowest BCUT2D eigenvalue weighted by Crippen LogP contribution is -2.40. The second-order valence-electron chi connectivity index (χ2n) is 6.06. The number of aromatic nitrogens is 1. The number of benzene rings is 1. The molecule has 126 valence electrons. The molecule has 1 atom stereocenters. The Bertz CT molecular complexity index is 690. The Morgan fingerprint density at radius 2 is 2.08 bits per heavy atom. The van der Waals surface area contributed by atoms with Gasteiger partial charge < -0.3 is 9.64 Å². The molecule has 1 amide bonds. The number of anilines is 1. The number of hydrogen-bond acceptors (Lipinski definition) is 4. The predicted octanol–water partition coefficient (Wildman–Crippen LogP) is 2.29. The third-order valence-electron chi connectivity index (χ3n) is 4.46. The fraction of sp³-hybridized carbons (Fsp3) is 0.368. The van der Waals surface area contributed by atoms with Gasteiger partial charge >= 0.3 is 0 Å². The highest BCUT2D eigenvalue weighted by Gasteiger charge is 2.27. The number of pyridine rings is 1. The smallest absolute Gasteiger partial charge is 0.241 e. The van der Waals surface area contributed by atoms with E-state index in [1.54, 1.807) is 13.3 Å². The highest BCUT2D eigenvalue weighted by atomic mass is 16.5. The van der Waals surface area contributed by atoms with Gasteiger partial charge in [0.15, 0.2) is 0 Å². The number of fused-ring (bicyclic) bond motifs is 1. The van der Waals surface area contributed by atoms with Crippen LogP contribution in [0.5, 0.6) is 0 Å². The van der Waals surface area contributed by atoms with Gasteiger partial charge in [0.1, 0.15) is 0 Å². The molecule has 0 radical (unpaired) electrons. The minimum atomic E-state index is -0.0435. The topological polar surface area (TPSA) is 45.7 Å². The van der Waals surface area contributed by atoms with Crippen molar-refractivity contribution in [1.82, 2.24) is 9.88 Å². The van der Waals surface area contributed by atoms with Crippen LogP contribution in [0.4, 0.5) is 5.69 Å². The van der Waals surface area contributed by atoms with Crippen LogP contribution in [0.2, 0.25) is 0 Å². The van der Waals surface area contributed by atoms with Crippen molar-refractivity contribution in [2.24, 2.45) is 0 Å². The first-order chi connectivity index (χ1) is 11.7. The van der Waals surface area contributed by atoms with Crippen molar-refractivity contribution in [3.8, 4) is 0 Å². The van der Waals surface area contributed by atoms with E-state index in [1.807, 2.05) is 53.2 Å². The number of carbonyl (C=O) groups excluding carboxylic acids is 1.